The topological polar surface area (TPSA) is 80.6 Å². The average molecular weight is 363 g/mol. The molecule has 0 N–H and O–H groups in total. The maximum Gasteiger partial charge on any atom is 0.414 e. The van der Waals surface area contributed by atoms with Crippen molar-refractivity contribution < 1.29 is 23.1 Å². The Morgan fingerprint density at radius 1 is 1.27 bits per heavy atom. The van der Waals surface area contributed by atoms with E-state index in [0.717, 1.165) is 11.0 Å². The van der Waals surface area contributed by atoms with Crippen LogP contribution in [0.25, 0.3) is 0 Å². The molecule has 136 valence electrons. The first-order valence-electron chi connectivity index (χ1n) is 8.10. The molecule has 0 radical (unpaired) electrons. The minimum Gasteiger partial charge on any atom is -0.442 e. The fourth-order valence-electron chi connectivity index (χ4n) is 3.13. The van der Waals surface area contributed by atoms with Gasteiger partial charge in [0.05, 0.1) is 30.7 Å². The Morgan fingerprint density at radius 2 is 2.12 bits per heavy atom. The average Bonchev–Trinajstić information content (AvgIpc) is 3.32. The molecule has 3 heterocycles. The van der Waals surface area contributed by atoms with Crippen LogP contribution in [-0.4, -0.2) is 52.4 Å². The third-order valence-corrected chi connectivity index (χ3v) is 4.41. The number of ether oxygens (including phenoxy) is 1. The Labute approximate surface area is 146 Å². The summed E-state index contributed by atoms with van der Waals surface area (Å²) in [5.74, 6) is -1.44. The molecule has 0 saturated carbocycles. The van der Waals surface area contributed by atoms with Gasteiger partial charge in [0, 0.05) is 19.2 Å². The van der Waals surface area contributed by atoms with Crippen molar-refractivity contribution in [2.45, 2.75) is 25.2 Å². The highest BCUT2D eigenvalue weighted by Gasteiger charge is 2.36. The largest absolute Gasteiger partial charge is 0.442 e. The van der Waals surface area contributed by atoms with Gasteiger partial charge >= 0.3 is 6.09 Å². The van der Waals surface area contributed by atoms with Crippen LogP contribution in [0.5, 0.6) is 0 Å². The van der Waals surface area contributed by atoms with E-state index in [4.69, 9.17) is 4.74 Å². The summed E-state index contributed by atoms with van der Waals surface area (Å²) in [4.78, 5) is 26.2. The van der Waals surface area contributed by atoms with Crippen molar-refractivity contribution in [1.29, 1.82) is 0 Å². The maximum absolute atomic E-state index is 14.5. The van der Waals surface area contributed by atoms with Crippen molar-refractivity contribution in [2.24, 2.45) is 0 Å². The fourth-order valence-corrected chi connectivity index (χ4v) is 3.13. The SMILES string of the molecule is O=C1O[C@@H](Cn2ccnn2)CN1c1ccc(N2CCC(F)C2=O)c(F)c1. The third-order valence-electron chi connectivity index (χ3n) is 4.41. The normalized spacial score (nSPS) is 23.0. The van der Waals surface area contributed by atoms with E-state index in [2.05, 4.69) is 10.3 Å². The first-order chi connectivity index (χ1) is 12.5. The lowest BCUT2D eigenvalue weighted by molar-refractivity contribution is -0.121. The van der Waals surface area contributed by atoms with Gasteiger partial charge in [-0.1, -0.05) is 5.21 Å². The molecule has 26 heavy (non-hydrogen) atoms. The molecule has 2 aliphatic heterocycles. The van der Waals surface area contributed by atoms with E-state index in [-0.39, 0.29) is 25.2 Å². The zero-order valence-electron chi connectivity index (χ0n) is 13.6. The van der Waals surface area contributed by atoms with E-state index >= 15 is 0 Å². The number of nitrogens with zero attached hydrogens (tertiary/aromatic N) is 5. The minimum absolute atomic E-state index is 0.00521. The number of carbonyl (C=O) groups is 2. The number of aromatic nitrogens is 3. The number of rotatable bonds is 4. The molecule has 8 nitrogen and oxygen atoms in total. The van der Waals surface area contributed by atoms with Crippen molar-refractivity contribution in [3.05, 3.63) is 36.4 Å². The molecule has 2 aromatic rings. The smallest absolute Gasteiger partial charge is 0.414 e. The second-order valence-electron chi connectivity index (χ2n) is 6.12. The van der Waals surface area contributed by atoms with Crippen LogP contribution in [0, 0.1) is 5.82 Å². The van der Waals surface area contributed by atoms with Gasteiger partial charge < -0.3 is 9.64 Å². The highest BCUT2D eigenvalue weighted by atomic mass is 19.1. The van der Waals surface area contributed by atoms with E-state index in [9.17, 15) is 18.4 Å². The zero-order valence-corrected chi connectivity index (χ0v) is 13.6. The van der Waals surface area contributed by atoms with Crippen LogP contribution >= 0.6 is 0 Å². The summed E-state index contributed by atoms with van der Waals surface area (Å²) in [7, 11) is 0. The van der Waals surface area contributed by atoms with E-state index in [1.807, 2.05) is 0 Å². The zero-order chi connectivity index (χ0) is 18.3. The van der Waals surface area contributed by atoms with Gasteiger partial charge in [-0.3, -0.25) is 9.69 Å². The summed E-state index contributed by atoms with van der Waals surface area (Å²) >= 11 is 0. The third kappa shape index (κ3) is 2.87. The Hall–Kier alpha value is -3.04. The molecule has 0 aliphatic carbocycles. The lowest BCUT2D eigenvalue weighted by Crippen LogP contribution is -2.29. The van der Waals surface area contributed by atoms with Gasteiger partial charge in [-0.15, -0.1) is 5.10 Å². The molecule has 0 spiro atoms. The molecule has 2 amide bonds. The van der Waals surface area contributed by atoms with Crippen LogP contribution in [0.3, 0.4) is 0 Å². The summed E-state index contributed by atoms with van der Waals surface area (Å²) in [5, 5.41) is 7.50. The summed E-state index contributed by atoms with van der Waals surface area (Å²) in [6, 6.07) is 4.03. The van der Waals surface area contributed by atoms with E-state index in [0.29, 0.717) is 12.2 Å². The summed E-state index contributed by atoms with van der Waals surface area (Å²) in [6.45, 7) is 0.692. The Morgan fingerprint density at radius 3 is 2.77 bits per heavy atom. The summed E-state index contributed by atoms with van der Waals surface area (Å²) in [6.07, 6.45) is 0.575. The fraction of sp³-hybridized carbons (Fsp3) is 0.375. The van der Waals surface area contributed by atoms with Gasteiger partial charge in [0.2, 0.25) is 0 Å². The van der Waals surface area contributed by atoms with Crippen molar-refractivity contribution in [2.75, 3.05) is 22.9 Å². The first kappa shape index (κ1) is 16.4. The molecular formula is C16H15F2N5O3. The molecule has 10 heteroatoms. The Balaban J connectivity index is 1.50. The van der Waals surface area contributed by atoms with Crippen LogP contribution in [0.4, 0.5) is 25.0 Å². The van der Waals surface area contributed by atoms with Crippen LogP contribution < -0.4 is 9.80 Å². The van der Waals surface area contributed by atoms with Crippen LogP contribution in [0.15, 0.2) is 30.6 Å². The molecule has 0 bridgehead atoms. The number of amides is 2. The van der Waals surface area contributed by atoms with E-state index < -0.39 is 30.1 Å². The summed E-state index contributed by atoms with van der Waals surface area (Å²) < 4.78 is 34.6. The maximum atomic E-state index is 14.5. The number of alkyl halides is 1. The highest BCUT2D eigenvalue weighted by molar-refractivity contribution is 5.99. The van der Waals surface area contributed by atoms with Gasteiger partial charge in [-0.2, -0.15) is 0 Å². The minimum atomic E-state index is -1.60. The van der Waals surface area contributed by atoms with Crippen molar-refractivity contribution in [3.63, 3.8) is 0 Å². The number of anilines is 2. The van der Waals surface area contributed by atoms with Gasteiger partial charge in [0.15, 0.2) is 6.17 Å². The number of carbonyl (C=O) groups excluding carboxylic acids is 2. The van der Waals surface area contributed by atoms with E-state index in [1.165, 1.54) is 27.9 Å². The monoisotopic (exact) mass is 363 g/mol. The van der Waals surface area contributed by atoms with Crippen molar-refractivity contribution >= 4 is 23.4 Å². The molecule has 1 unspecified atom stereocenters. The predicted octanol–water partition coefficient (Wildman–Crippen LogP) is 1.52. The first-order valence-corrected chi connectivity index (χ1v) is 8.10. The van der Waals surface area contributed by atoms with Gasteiger partial charge in [0.1, 0.15) is 11.9 Å². The number of hydrogen-bond acceptors (Lipinski definition) is 5. The number of cyclic esters (lactones) is 1. The molecular weight excluding hydrogens is 348 g/mol. The number of halogens is 2. The van der Waals surface area contributed by atoms with Crippen molar-refractivity contribution in [3.8, 4) is 0 Å². The number of benzene rings is 1. The number of hydrogen-bond donors (Lipinski definition) is 0. The lowest BCUT2D eigenvalue weighted by atomic mass is 10.2. The molecule has 4 rings (SSSR count). The van der Waals surface area contributed by atoms with Gasteiger partial charge in [0.25, 0.3) is 5.91 Å². The standard InChI is InChI=1S/C16H15F2N5O3/c17-12-3-5-22(15(12)24)14-2-1-10(7-13(14)18)23-9-11(26-16(23)25)8-21-6-4-19-20-21/h1-2,4,6-7,11-12H,3,5,8-9H2/t11-,12?/m0/s1. The second kappa shape index (κ2) is 6.36. The Bertz CT molecular complexity index is 844. The summed E-state index contributed by atoms with van der Waals surface area (Å²) in [5.41, 5.74) is 0.311. The van der Waals surface area contributed by atoms with E-state index in [1.54, 1.807) is 6.20 Å². The van der Waals surface area contributed by atoms with Crippen LogP contribution in [0.2, 0.25) is 0 Å². The van der Waals surface area contributed by atoms with Gasteiger partial charge in [-0.05, 0) is 18.2 Å². The quantitative estimate of drug-likeness (QED) is 0.823. The van der Waals surface area contributed by atoms with Crippen molar-refractivity contribution in [1.82, 2.24) is 15.0 Å². The molecule has 1 aromatic carbocycles. The highest BCUT2D eigenvalue weighted by Crippen LogP contribution is 2.30. The Kier molecular flexibility index (Phi) is 4.02. The lowest BCUT2D eigenvalue weighted by Gasteiger charge is -2.19. The van der Waals surface area contributed by atoms with Crippen LogP contribution in [-0.2, 0) is 16.1 Å². The van der Waals surface area contributed by atoms with Gasteiger partial charge in [-0.25, -0.2) is 18.3 Å². The molecule has 1 aromatic heterocycles. The molecule has 2 saturated heterocycles. The molecule has 2 fully saturated rings. The molecule has 2 atom stereocenters. The second-order valence-corrected chi connectivity index (χ2v) is 6.12. The molecule has 2 aliphatic rings. The predicted molar refractivity (Wildman–Crippen MR) is 85.9 cm³/mol. The van der Waals surface area contributed by atoms with Crippen LogP contribution in [0.1, 0.15) is 6.42 Å².